The highest BCUT2D eigenvalue weighted by Crippen LogP contribution is 2.23. The molecule has 0 aliphatic heterocycles. The van der Waals surface area contributed by atoms with Crippen LogP contribution in [0.4, 0.5) is 0 Å². The highest BCUT2D eigenvalue weighted by Gasteiger charge is 2.22. The summed E-state index contributed by atoms with van der Waals surface area (Å²) in [5, 5.41) is 6.23. The van der Waals surface area contributed by atoms with Crippen LogP contribution < -0.4 is 15.4 Å². The van der Waals surface area contributed by atoms with Crippen LogP contribution in [-0.2, 0) is 11.3 Å². The van der Waals surface area contributed by atoms with Gasteiger partial charge in [-0.15, -0.1) is 0 Å². The number of nitrogens with one attached hydrogen (secondary N) is 2. The summed E-state index contributed by atoms with van der Waals surface area (Å²) in [7, 11) is 1.68. The van der Waals surface area contributed by atoms with Crippen LogP contribution in [0.3, 0.4) is 0 Å². The predicted octanol–water partition coefficient (Wildman–Crippen LogP) is 1.47. The van der Waals surface area contributed by atoms with E-state index in [2.05, 4.69) is 15.6 Å². The van der Waals surface area contributed by atoms with E-state index in [1.54, 1.807) is 7.11 Å². The largest absolute Gasteiger partial charge is 0.496 e. The van der Waals surface area contributed by atoms with Crippen molar-refractivity contribution in [3.05, 3.63) is 23.0 Å². The molecule has 0 spiro atoms. The van der Waals surface area contributed by atoms with Gasteiger partial charge in [0.1, 0.15) is 5.75 Å². The molecule has 20 heavy (non-hydrogen) atoms. The number of carbonyl (C=O) groups is 1. The quantitative estimate of drug-likeness (QED) is 0.741. The van der Waals surface area contributed by atoms with E-state index < -0.39 is 0 Å². The monoisotopic (exact) mass is 277 g/mol. The van der Waals surface area contributed by atoms with Gasteiger partial charge in [-0.1, -0.05) is 0 Å². The van der Waals surface area contributed by atoms with Crippen molar-refractivity contribution in [3.63, 3.8) is 0 Å². The fourth-order valence-corrected chi connectivity index (χ4v) is 2.19. The number of ether oxygens (including phenoxy) is 1. The van der Waals surface area contributed by atoms with E-state index in [-0.39, 0.29) is 5.91 Å². The Morgan fingerprint density at radius 3 is 2.85 bits per heavy atom. The van der Waals surface area contributed by atoms with Gasteiger partial charge in [0, 0.05) is 42.9 Å². The maximum atomic E-state index is 11.5. The van der Waals surface area contributed by atoms with Crippen molar-refractivity contribution in [2.45, 2.75) is 45.7 Å². The minimum Gasteiger partial charge on any atom is -0.496 e. The first-order valence-corrected chi connectivity index (χ1v) is 7.11. The smallest absolute Gasteiger partial charge is 0.221 e. The minimum atomic E-state index is 0.131. The first kappa shape index (κ1) is 14.8. The molecule has 2 rings (SSSR count). The number of aromatic nitrogens is 1. The zero-order chi connectivity index (χ0) is 14.5. The van der Waals surface area contributed by atoms with Crippen LogP contribution >= 0.6 is 0 Å². The number of hydrogen-bond donors (Lipinski definition) is 2. The van der Waals surface area contributed by atoms with Crippen molar-refractivity contribution in [2.75, 3.05) is 13.7 Å². The fraction of sp³-hybridized carbons (Fsp3) is 0.600. The maximum absolute atomic E-state index is 11.5. The Kier molecular flexibility index (Phi) is 4.95. The molecule has 0 aromatic carbocycles. The Labute approximate surface area is 120 Å². The van der Waals surface area contributed by atoms with Gasteiger partial charge in [-0.2, -0.15) is 0 Å². The zero-order valence-electron chi connectivity index (χ0n) is 12.5. The number of rotatable bonds is 7. The van der Waals surface area contributed by atoms with E-state index >= 15 is 0 Å². The molecule has 1 saturated carbocycles. The molecule has 1 aromatic rings. The lowest BCUT2D eigenvalue weighted by atomic mass is 10.1. The molecule has 0 atom stereocenters. The van der Waals surface area contributed by atoms with Gasteiger partial charge in [-0.25, -0.2) is 0 Å². The average molecular weight is 277 g/mol. The number of methoxy groups -OCH3 is 1. The average Bonchev–Trinajstić information content (AvgIpc) is 3.21. The number of hydrogen-bond acceptors (Lipinski definition) is 4. The molecule has 0 saturated heterocycles. The molecular formula is C15H23N3O2. The van der Waals surface area contributed by atoms with Gasteiger partial charge in [-0.3, -0.25) is 9.78 Å². The number of carbonyl (C=O) groups excluding carboxylic acids is 1. The summed E-state index contributed by atoms with van der Waals surface area (Å²) in [6.45, 7) is 5.31. The van der Waals surface area contributed by atoms with Crippen molar-refractivity contribution < 1.29 is 9.53 Å². The van der Waals surface area contributed by atoms with Gasteiger partial charge in [0.15, 0.2) is 0 Å². The lowest BCUT2D eigenvalue weighted by Gasteiger charge is -2.12. The molecule has 1 amide bonds. The standard InChI is InChI=1S/C15H23N3O2/c1-10-8-17-13(11(2)15(10)20-3)9-16-7-6-14(19)18-12-4-5-12/h8,12,16H,4-7,9H2,1-3H3,(H,18,19). The number of pyridine rings is 1. The Bertz CT molecular complexity index is 484. The second-order valence-electron chi connectivity index (χ2n) is 5.31. The summed E-state index contributed by atoms with van der Waals surface area (Å²) >= 11 is 0. The summed E-state index contributed by atoms with van der Waals surface area (Å²) in [6.07, 6.45) is 4.60. The molecular weight excluding hydrogens is 254 g/mol. The third-order valence-electron chi connectivity index (χ3n) is 3.51. The van der Waals surface area contributed by atoms with Crippen LogP contribution in [0.1, 0.15) is 36.1 Å². The second-order valence-corrected chi connectivity index (χ2v) is 5.31. The first-order valence-electron chi connectivity index (χ1n) is 7.11. The number of nitrogens with zero attached hydrogens (tertiary/aromatic N) is 1. The van der Waals surface area contributed by atoms with Gasteiger partial charge >= 0.3 is 0 Å². The molecule has 110 valence electrons. The maximum Gasteiger partial charge on any atom is 0.221 e. The molecule has 1 aliphatic carbocycles. The lowest BCUT2D eigenvalue weighted by Crippen LogP contribution is -2.29. The van der Waals surface area contributed by atoms with Crippen LogP contribution in [0.25, 0.3) is 0 Å². The van der Waals surface area contributed by atoms with Crippen molar-refractivity contribution >= 4 is 5.91 Å². The zero-order valence-corrected chi connectivity index (χ0v) is 12.5. The predicted molar refractivity (Wildman–Crippen MR) is 77.8 cm³/mol. The highest BCUT2D eigenvalue weighted by molar-refractivity contribution is 5.76. The molecule has 0 radical (unpaired) electrons. The topological polar surface area (TPSA) is 63.2 Å². The normalized spacial score (nSPS) is 14.2. The van der Waals surface area contributed by atoms with E-state index in [0.717, 1.165) is 35.4 Å². The minimum absolute atomic E-state index is 0.131. The molecule has 5 nitrogen and oxygen atoms in total. The Morgan fingerprint density at radius 2 is 2.20 bits per heavy atom. The fourth-order valence-electron chi connectivity index (χ4n) is 2.19. The second kappa shape index (κ2) is 6.70. The van der Waals surface area contributed by atoms with E-state index in [0.29, 0.717) is 25.6 Å². The van der Waals surface area contributed by atoms with Gasteiger partial charge < -0.3 is 15.4 Å². The molecule has 0 unspecified atom stereocenters. The highest BCUT2D eigenvalue weighted by atomic mass is 16.5. The van der Waals surface area contributed by atoms with Crippen LogP contribution in [0.5, 0.6) is 5.75 Å². The molecule has 0 bridgehead atoms. The Morgan fingerprint density at radius 1 is 1.45 bits per heavy atom. The van der Waals surface area contributed by atoms with Crippen molar-refractivity contribution in [3.8, 4) is 5.75 Å². The third kappa shape index (κ3) is 3.93. The van der Waals surface area contributed by atoms with Gasteiger partial charge in [0.05, 0.1) is 12.8 Å². The van der Waals surface area contributed by atoms with Crippen LogP contribution in [0.15, 0.2) is 6.20 Å². The van der Waals surface area contributed by atoms with Gasteiger partial charge in [-0.05, 0) is 26.7 Å². The summed E-state index contributed by atoms with van der Waals surface area (Å²) in [5.41, 5.74) is 3.06. The molecule has 1 aliphatic rings. The molecule has 1 heterocycles. The number of amides is 1. The van der Waals surface area contributed by atoms with Crippen molar-refractivity contribution in [1.82, 2.24) is 15.6 Å². The Hall–Kier alpha value is -1.62. The van der Waals surface area contributed by atoms with E-state index in [1.807, 2.05) is 20.0 Å². The van der Waals surface area contributed by atoms with Gasteiger partial charge in [0.2, 0.25) is 5.91 Å². The van der Waals surface area contributed by atoms with E-state index in [4.69, 9.17) is 4.74 Å². The number of aryl methyl sites for hydroxylation is 1. The molecule has 2 N–H and O–H groups in total. The third-order valence-corrected chi connectivity index (χ3v) is 3.51. The summed E-state index contributed by atoms with van der Waals surface area (Å²) in [4.78, 5) is 15.9. The van der Waals surface area contributed by atoms with Crippen molar-refractivity contribution in [1.29, 1.82) is 0 Å². The van der Waals surface area contributed by atoms with Crippen LogP contribution in [0.2, 0.25) is 0 Å². The van der Waals surface area contributed by atoms with Crippen LogP contribution in [-0.4, -0.2) is 30.6 Å². The SMILES string of the molecule is COc1c(C)cnc(CNCCC(=O)NC2CC2)c1C. The van der Waals surface area contributed by atoms with Crippen molar-refractivity contribution in [2.24, 2.45) is 0 Å². The molecule has 1 fully saturated rings. The van der Waals surface area contributed by atoms with Crippen LogP contribution in [0, 0.1) is 13.8 Å². The molecule has 1 aromatic heterocycles. The summed E-state index contributed by atoms with van der Waals surface area (Å²) < 4.78 is 5.38. The lowest BCUT2D eigenvalue weighted by molar-refractivity contribution is -0.121. The van der Waals surface area contributed by atoms with Gasteiger partial charge in [0.25, 0.3) is 0 Å². The summed E-state index contributed by atoms with van der Waals surface area (Å²) in [6, 6.07) is 0.438. The first-order chi connectivity index (χ1) is 9.61. The summed E-state index contributed by atoms with van der Waals surface area (Å²) in [5.74, 6) is 1.02. The Balaban J connectivity index is 1.77. The van der Waals surface area contributed by atoms with E-state index in [9.17, 15) is 4.79 Å². The van der Waals surface area contributed by atoms with E-state index in [1.165, 1.54) is 0 Å². The molecule has 5 heteroatoms.